The Balaban J connectivity index is 1.63. The summed E-state index contributed by atoms with van der Waals surface area (Å²) in [4.78, 5) is 21.5. The van der Waals surface area contributed by atoms with Crippen LogP contribution in [0.1, 0.15) is 24.5 Å². The zero-order valence-electron chi connectivity index (χ0n) is 21.2. The molecule has 0 aliphatic heterocycles. The summed E-state index contributed by atoms with van der Waals surface area (Å²) in [5.74, 6) is 1.52. The van der Waals surface area contributed by atoms with Crippen LogP contribution >= 0.6 is 11.8 Å². The van der Waals surface area contributed by atoms with Gasteiger partial charge in [-0.2, -0.15) is 0 Å². The number of rotatable bonds is 9. The van der Waals surface area contributed by atoms with E-state index in [1.165, 1.54) is 17.3 Å². The van der Waals surface area contributed by atoms with Gasteiger partial charge in [0.1, 0.15) is 11.5 Å². The standard InChI is InChI=1S/C29H31N3O3S/c1-6-25(28(33)30-22-12-7-18(2)19(3)17-22)36-29-31-26(20-8-13-23(34-4)14-9-20)27(32-29)21-10-15-24(35-5)16-11-21/h7-17,25H,6H2,1-5H3,(H,30,33)(H,31,32). The molecule has 4 rings (SSSR count). The fourth-order valence-corrected chi connectivity index (χ4v) is 4.74. The van der Waals surface area contributed by atoms with Crippen LogP contribution in [0.3, 0.4) is 0 Å². The molecule has 0 aliphatic rings. The molecule has 6 nitrogen and oxygen atoms in total. The molecule has 0 aliphatic carbocycles. The highest BCUT2D eigenvalue weighted by Crippen LogP contribution is 2.36. The Morgan fingerprint density at radius 2 is 1.53 bits per heavy atom. The van der Waals surface area contributed by atoms with Crippen LogP contribution in [-0.4, -0.2) is 35.3 Å². The number of methoxy groups -OCH3 is 2. The van der Waals surface area contributed by atoms with E-state index in [4.69, 9.17) is 14.5 Å². The Hall–Kier alpha value is -3.71. The van der Waals surface area contributed by atoms with Gasteiger partial charge >= 0.3 is 0 Å². The van der Waals surface area contributed by atoms with Gasteiger partial charge in [0, 0.05) is 16.8 Å². The van der Waals surface area contributed by atoms with Gasteiger partial charge < -0.3 is 19.8 Å². The number of aromatic amines is 1. The first-order valence-electron chi connectivity index (χ1n) is 11.9. The van der Waals surface area contributed by atoms with Crippen molar-refractivity contribution in [1.82, 2.24) is 9.97 Å². The van der Waals surface area contributed by atoms with E-state index in [2.05, 4.69) is 17.2 Å². The minimum absolute atomic E-state index is 0.0425. The molecule has 0 saturated heterocycles. The summed E-state index contributed by atoms with van der Waals surface area (Å²) in [5.41, 5.74) is 6.78. The minimum Gasteiger partial charge on any atom is -0.497 e. The van der Waals surface area contributed by atoms with Gasteiger partial charge in [-0.1, -0.05) is 24.8 Å². The van der Waals surface area contributed by atoms with Gasteiger partial charge in [0.15, 0.2) is 5.16 Å². The van der Waals surface area contributed by atoms with Crippen molar-refractivity contribution in [3.05, 3.63) is 77.9 Å². The van der Waals surface area contributed by atoms with Gasteiger partial charge in [-0.05, 0) is 92.1 Å². The number of anilines is 1. The number of aryl methyl sites for hydroxylation is 2. The van der Waals surface area contributed by atoms with Gasteiger partial charge in [0.05, 0.1) is 30.9 Å². The number of benzene rings is 3. The molecule has 1 heterocycles. The molecule has 1 amide bonds. The lowest BCUT2D eigenvalue weighted by Crippen LogP contribution is -2.24. The van der Waals surface area contributed by atoms with Gasteiger partial charge in [0.2, 0.25) is 5.91 Å². The van der Waals surface area contributed by atoms with Crippen LogP contribution < -0.4 is 14.8 Å². The second-order valence-electron chi connectivity index (χ2n) is 8.53. The molecule has 0 radical (unpaired) electrons. The Morgan fingerprint density at radius 1 is 0.917 bits per heavy atom. The molecule has 0 bridgehead atoms. The molecule has 1 aromatic heterocycles. The van der Waals surface area contributed by atoms with Crippen molar-refractivity contribution in [3.63, 3.8) is 0 Å². The third kappa shape index (κ3) is 5.74. The summed E-state index contributed by atoms with van der Waals surface area (Å²) in [6.45, 7) is 6.11. The van der Waals surface area contributed by atoms with E-state index < -0.39 is 0 Å². The number of imidazole rings is 1. The number of nitrogens with zero attached hydrogens (tertiary/aromatic N) is 1. The summed E-state index contributed by atoms with van der Waals surface area (Å²) < 4.78 is 10.6. The number of nitrogens with one attached hydrogen (secondary N) is 2. The number of amides is 1. The maximum absolute atomic E-state index is 13.1. The summed E-state index contributed by atoms with van der Waals surface area (Å²) in [6, 6.07) is 21.6. The highest BCUT2D eigenvalue weighted by Gasteiger charge is 2.22. The molecular formula is C29H31N3O3S. The summed E-state index contributed by atoms with van der Waals surface area (Å²) >= 11 is 1.43. The van der Waals surface area contributed by atoms with E-state index in [1.54, 1.807) is 14.2 Å². The highest BCUT2D eigenvalue weighted by atomic mass is 32.2. The molecule has 36 heavy (non-hydrogen) atoms. The average Bonchev–Trinajstić information content (AvgIpc) is 3.33. The van der Waals surface area contributed by atoms with Crippen LogP contribution in [0.25, 0.3) is 22.5 Å². The first kappa shape index (κ1) is 25.4. The lowest BCUT2D eigenvalue weighted by atomic mass is 10.0. The third-order valence-corrected chi connectivity index (χ3v) is 7.36. The van der Waals surface area contributed by atoms with E-state index in [9.17, 15) is 4.79 Å². The average molecular weight is 502 g/mol. The van der Waals surface area contributed by atoms with Gasteiger partial charge in [0.25, 0.3) is 0 Å². The number of thioether (sulfide) groups is 1. The summed E-state index contributed by atoms with van der Waals surface area (Å²) in [5, 5.41) is 3.45. The second-order valence-corrected chi connectivity index (χ2v) is 9.72. The van der Waals surface area contributed by atoms with Gasteiger partial charge in [-0.25, -0.2) is 4.98 Å². The zero-order chi connectivity index (χ0) is 25.7. The molecule has 0 spiro atoms. The SMILES string of the molecule is CCC(Sc1nc(-c2ccc(OC)cc2)c(-c2ccc(OC)cc2)[nH]1)C(=O)Nc1ccc(C)c(C)c1. The van der Waals surface area contributed by atoms with Crippen LogP contribution in [0, 0.1) is 13.8 Å². The molecule has 1 unspecified atom stereocenters. The van der Waals surface area contributed by atoms with Crippen molar-refractivity contribution < 1.29 is 14.3 Å². The van der Waals surface area contributed by atoms with E-state index in [1.807, 2.05) is 80.6 Å². The van der Waals surface area contributed by atoms with Gasteiger partial charge in [-0.15, -0.1) is 0 Å². The van der Waals surface area contributed by atoms with Crippen molar-refractivity contribution >= 4 is 23.4 Å². The number of hydrogen-bond donors (Lipinski definition) is 2. The first-order valence-corrected chi connectivity index (χ1v) is 12.7. The molecule has 0 fully saturated rings. The van der Waals surface area contributed by atoms with E-state index in [-0.39, 0.29) is 11.2 Å². The third-order valence-electron chi connectivity index (χ3n) is 6.12. The predicted octanol–water partition coefficient (Wildman–Crippen LogP) is 6.89. The van der Waals surface area contributed by atoms with Crippen LogP contribution in [0.15, 0.2) is 71.9 Å². The largest absolute Gasteiger partial charge is 0.497 e. The lowest BCUT2D eigenvalue weighted by molar-refractivity contribution is -0.115. The van der Waals surface area contributed by atoms with Gasteiger partial charge in [-0.3, -0.25) is 4.79 Å². The second kappa shape index (κ2) is 11.4. The topological polar surface area (TPSA) is 76.2 Å². The number of carbonyl (C=O) groups is 1. The zero-order valence-corrected chi connectivity index (χ0v) is 22.0. The molecule has 186 valence electrons. The van der Waals surface area contributed by atoms with Crippen molar-refractivity contribution in [1.29, 1.82) is 0 Å². The smallest absolute Gasteiger partial charge is 0.237 e. The molecule has 0 saturated carbocycles. The Labute approximate surface area is 216 Å². The quantitative estimate of drug-likeness (QED) is 0.244. The Bertz CT molecular complexity index is 1270. The lowest BCUT2D eigenvalue weighted by Gasteiger charge is -2.14. The van der Waals surface area contributed by atoms with Crippen molar-refractivity contribution in [2.24, 2.45) is 0 Å². The predicted molar refractivity (Wildman–Crippen MR) is 147 cm³/mol. The molecule has 1 atom stereocenters. The van der Waals surface area contributed by atoms with Crippen LogP contribution in [0.4, 0.5) is 5.69 Å². The molecule has 3 aromatic carbocycles. The highest BCUT2D eigenvalue weighted by molar-refractivity contribution is 8.00. The van der Waals surface area contributed by atoms with E-state index in [0.717, 1.165) is 45.3 Å². The number of hydrogen-bond acceptors (Lipinski definition) is 5. The molecule has 4 aromatic rings. The number of aromatic nitrogens is 2. The van der Waals surface area contributed by atoms with Crippen molar-refractivity contribution in [2.75, 3.05) is 19.5 Å². The molecule has 2 N–H and O–H groups in total. The monoisotopic (exact) mass is 501 g/mol. The summed E-state index contributed by atoms with van der Waals surface area (Å²) in [7, 11) is 3.30. The number of H-pyrrole nitrogens is 1. The van der Waals surface area contributed by atoms with Crippen molar-refractivity contribution in [2.45, 2.75) is 37.6 Å². The van der Waals surface area contributed by atoms with Crippen molar-refractivity contribution in [3.8, 4) is 34.0 Å². The Kier molecular flexibility index (Phi) is 8.00. The van der Waals surface area contributed by atoms with Crippen LogP contribution in [-0.2, 0) is 4.79 Å². The molecule has 7 heteroatoms. The number of ether oxygens (including phenoxy) is 2. The van der Waals surface area contributed by atoms with Crippen LogP contribution in [0.2, 0.25) is 0 Å². The fourth-order valence-electron chi connectivity index (χ4n) is 3.83. The minimum atomic E-state index is -0.301. The number of carbonyl (C=O) groups excluding carboxylic acids is 1. The van der Waals surface area contributed by atoms with Crippen LogP contribution in [0.5, 0.6) is 11.5 Å². The maximum atomic E-state index is 13.1. The fraction of sp³-hybridized carbons (Fsp3) is 0.241. The van der Waals surface area contributed by atoms with E-state index >= 15 is 0 Å². The first-order chi connectivity index (χ1) is 17.4. The molecular weight excluding hydrogens is 470 g/mol. The summed E-state index contributed by atoms with van der Waals surface area (Å²) in [6.07, 6.45) is 0.664. The Morgan fingerprint density at radius 3 is 2.08 bits per heavy atom. The normalized spacial score (nSPS) is 11.7. The maximum Gasteiger partial charge on any atom is 0.237 e. The van der Waals surface area contributed by atoms with E-state index in [0.29, 0.717) is 11.6 Å².